The molecular weight excluding hydrogens is 254 g/mol. The molecule has 0 aliphatic carbocycles. The van der Waals surface area contributed by atoms with Crippen molar-refractivity contribution in [2.45, 2.75) is 32.4 Å². The normalized spacial score (nSPS) is 13.5. The average molecular weight is 273 g/mol. The maximum atomic E-state index is 12.0. The zero-order valence-electron chi connectivity index (χ0n) is 11.7. The summed E-state index contributed by atoms with van der Waals surface area (Å²) >= 11 is 0. The van der Waals surface area contributed by atoms with E-state index in [9.17, 15) is 4.79 Å². The molecule has 2 atom stereocenters. The number of amides is 1. The van der Waals surface area contributed by atoms with Gasteiger partial charge in [-0.15, -0.1) is 0 Å². The van der Waals surface area contributed by atoms with Crippen LogP contribution in [0.3, 0.4) is 0 Å². The van der Waals surface area contributed by atoms with Crippen molar-refractivity contribution in [2.24, 2.45) is 0 Å². The van der Waals surface area contributed by atoms with Crippen molar-refractivity contribution >= 4 is 5.91 Å². The van der Waals surface area contributed by atoms with E-state index in [1.165, 1.54) is 0 Å². The van der Waals surface area contributed by atoms with E-state index in [4.69, 9.17) is 9.15 Å². The van der Waals surface area contributed by atoms with Gasteiger partial charge in [-0.25, -0.2) is 0 Å². The Morgan fingerprint density at radius 2 is 1.95 bits per heavy atom. The number of benzene rings is 1. The molecule has 2 rings (SSSR count). The standard InChI is InChI=1S/C16H19NO3/c1-12(11-15-9-6-10-19-15)17-16(18)13(2)20-14-7-4-3-5-8-14/h3-10,12-13H,11H2,1-2H3,(H,17,18). The Bertz CT molecular complexity index is 522. The molecule has 4 heteroatoms. The van der Waals surface area contributed by atoms with Gasteiger partial charge >= 0.3 is 0 Å². The van der Waals surface area contributed by atoms with Gasteiger partial charge in [0.2, 0.25) is 0 Å². The minimum atomic E-state index is -0.531. The number of rotatable bonds is 6. The van der Waals surface area contributed by atoms with Gasteiger partial charge in [0.05, 0.1) is 6.26 Å². The summed E-state index contributed by atoms with van der Waals surface area (Å²) in [5.74, 6) is 1.41. The number of para-hydroxylation sites is 1. The molecule has 20 heavy (non-hydrogen) atoms. The molecule has 2 aromatic rings. The molecule has 1 aromatic carbocycles. The first-order valence-electron chi connectivity index (χ1n) is 6.69. The lowest BCUT2D eigenvalue weighted by atomic mass is 10.2. The summed E-state index contributed by atoms with van der Waals surface area (Å²) in [5, 5.41) is 2.91. The van der Waals surface area contributed by atoms with Crippen LogP contribution < -0.4 is 10.1 Å². The smallest absolute Gasteiger partial charge is 0.260 e. The van der Waals surface area contributed by atoms with Crippen molar-refractivity contribution < 1.29 is 13.9 Å². The van der Waals surface area contributed by atoms with Gasteiger partial charge in [-0.2, -0.15) is 0 Å². The van der Waals surface area contributed by atoms with Gasteiger partial charge < -0.3 is 14.5 Å². The molecule has 0 radical (unpaired) electrons. The number of hydrogen-bond donors (Lipinski definition) is 1. The van der Waals surface area contributed by atoms with Crippen LogP contribution >= 0.6 is 0 Å². The Balaban J connectivity index is 1.81. The highest BCUT2D eigenvalue weighted by atomic mass is 16.5. The van der Waals surface area contributed by atoms with E-state index in [-0.39, 0.29) is 11.9 Å². The number of ether oxygens (including phenoxy) is 1. The lowest BCUT2D eigenvalue weighted by molar-refractivity contribution is -0.127. The molecule has 0 saturated heterocycles. The first kappa shape index (κ1) is 14.2. The van der Waals surface area contributed by atoms with Crippen molar-refractivity contribution in [3.63, 3.8) is 0 Å². The highest BCUT2D eigenvalue weighted by Gasteiger charge is 2.17. The van der Waals surface area contributed by atoms with Gasteiger partial charge in [0, 0.05) is 12.5 Å². The van der Waals surface area contributed by atoms with Gasteiger partial charge in [0.15, 0.2) is 6.10 Å². The van der Waals surface area contributed by atoms with Crippen LogP contribution in [0.25, 0.3) is 0 Å². The number of nitrogens with one attached hydrogen (secondary N) is 1. The molecule has 2 unspecified atom stereocenters. The molecule has 0 bridgehead atoms. The maximum absolute atomic E-state index is 12.0. The van der Waals surface area contributed by atoms with E-state index in [2.05, 4.69) is 5.32 Å². The van der Waals surface area contributed by atoms with Gasteiger partial charge in [0.25, 0.3) is 5.91 Å². The molecule has 1 N–H and O–H groups in total. The Labute approximate surface area is 118 Å². The highest BCUT2D eigenvalue weighted by Crippen LogP contribution is 2.11. The number of carbonyl (C=O) groups excluding carboxylic acids is 1. The van der Waals surface area contributed by atoms with Crippen molar-refractivity contribution in [3.05, 3.63) is 54.5 Å². The third-order valence-corrected chi connectivity index (χ3v) is 2.90. The summed E-state index contributed by atoms with van der Waals surface area (Å²) in [5.41, 5.74) is 0. The summed E-state index contributed by atoms with van der Waals surface area (Å²) in [6.45, 7) is 3.68. The molecule has 4 nitrogen and oxygen atoms in total. The summed E-state index contributed by atoms with van der Waals surface area (Å²) in [6.07, 6.45) is 1.76. The van der Waals surface area contributed by atoms with Crippen molar-refractivity contribution in [1.29, 1.82) is 0 Å². The summed E-state index contributed by atoms with van der Waals surface area (Å²) in [7, 11) is 0. The van der Waals surface area contributed by atoms with Crippen molar-refractivity contribution in [2.75, 3.05) is 0 Å². The van der Waals surface area contributed by atoms with E-state index in [0.717, 1.165) is 5.76 Å². The fourth-order valence-electron chi connectivity index (χ4n) is 1.90. The SMILES string of the molecule is CC(Cc1ccco1)NC(=O)C(C)Oc1ccccc1. The minimum absolute atomic E-state index is 0.00419. The Morgan fingerprint density at radius 1 is 1.20 bits per heavy atom. The van der Waals surface area contributed by atoms with Crippen LogP contribution in [0.5, 0.6) is 5.75 Å². The summed E-state index contributed by atoms with van der Waals surface area (Å²) in [4.78, 5) is 12.0. The fraction of sp³-hybridized carbons (Fsp3) is 0.312. The van der Waals surface area contributed by atoms with Gasteiger partial charge in [-0.1, -0.05) is 18.2 Å². The minimum Gasteiger partial charge on any atom is -0.481 e. The topological polar surface area (TPSA) is 51.5 Å². The summed E-state index contributed by atoms with van der Waals surface area (Å²) < 4.78 is 10.8. The van der Waals surface area contributed by atoms with E-state index in [0.29, 0.717) is 12.2 Å². The lowest BCUT2D eigenvalue weighted by Crippen LogP contribution is -2.42. The highest BCUT2D eigenvalue weighted by molar-refractivity contribution is 5.81. The Morgan fingerprint density at radius 3 is 2.60 bits per heavy atom. The quantitative estimate of drug-likeness (QED) is 0.880. The third kappa shape index (κ3) is 4.16. The Hall–Kier alpha value is -2.23. The monoisotopic (exact) mass is 273 g/mol. The van der Waals surface area contributed by atoms with E-state index in [1.54, 1.807) is 13.2 Å². The average Bonchev–Trinajstić information content (AvgIpc) is 2.92. The zero-order valence-corrected chi connectivity index (χ0v) is 11.7. The second kappa shape index (κ2) is 6.80. The number of carbonyl (C=O) groups is 1. The van der Waals surface area contributed by atoms with Crippen LogP contribution in [0, 0.1) is 0 Å². The van der Waals surface area contributed by atoms with E-state index in [1.807, 2.05) is 49.4 Å². The van der Waals surface area contributed by atoms with Crippen LogP contribution in [-0.2, 0) is 11.2 Å². The molecule has 0 spiro atoms. The van der Waals surface area contributed by atoms with Gasteiger partial charge in [-0.05, 0) is 38.1 Å². The van der Waals surface area contributed by atoms with Crippen LogP contribution in [0.2, 0.25) is 0 Å². The third-order valence-electron chi connectivity index (χ3n) is 2.90. The predicted octanol–water partition coefficient (Wildman–Crippen LogP) is 2.79. The molecular formula is C16H19NO3. The molecule has 1 amide bonds. The maximum Gasteiger partial charge on any atom is 0.260 e. The molecule has 1 heterocycles. The van der Waals surface area contributed by atoms with Crippen LogP contribution in [0.1, 0.15) is 19.6 Å². The molecule has 0 aliphatic rings. The first-order valence-corrected chi connectivity index (χ1v) is 6.69. The van der Waals surface area contributed by atoms with Crippen molar-refractivity contribution in [3.8, 4) is 5.75 Å². The molecule has 0 fully saturated rings. The Kier molecular flexibility index (Phi) is 4.82. The van der Waals surface area contributed by atoms with Crippen LogP contribution in [0.4, 0.5) is 0 Å². The largest absolute Gasteiger partial charge is 0.481 e. The predicted molar refractivity (Wildman–Crippen MR) is 76.5 cm³/mol. The number of hydrogen-bond acceptors (Lipinski definition) is 3. The summed E-state index contributed by atoms with van der Waals surface area (Å²) in [6, 6.07) is 13.0. The second-order valence-electron chi connectivity index (χ2n) is 4.77. The fourth-order valence-corrected chi connectivity index (χ4v) is 1.90. The molecule has 1 aromatic heterocycles. The van der Waals surface area contributed by atoms with Gasteiger partial charge in [-0.3, -0.25) is 4.79 Å². The second-order valence-corrected chi connectivity index (χ2v) is 4.77. The molecule has 0 saturated carbocycles. The number of furan rings is 1. The first-order chi connectivity index (χ1) is 9.65. The van der Waals surface area contributed by atoms with Crippen LogP contribution in [-0.4, -0.2) is 18.1 Å². The van der Waals surface area contributed by atoms with Crippen molar-refractivity contribution in [1.82, 2.24) is 5.32 Å². The van der Waals surface area contributed by atoms with E-state index < -0.39 is 6.10 Å². The molecule has 0 aliphatic heterocycles. The lowest BCUT2D eigenvalue weighted by Gasteiger charge is -2.18. The van der Waals surface area contributed by atoms with Crippen LogP contribution in [0.15, 0.2) is 53.1 Å². The van der Waals surface area contributed by atoms with Gasteiger partial charge in [0.1, 0.15) is 11.5 Å². The zero-order chi connectivity index (χ0) is 14.4. The molecule has 106 valence electrons. The van der Waals surface area contributed by atoms with E-state index >= 15 is 0 Å².